The maximum absolute atomic E-state index is 13.6. The molecule has 1 unspecified atom stereocenters. The average molecular weight is 445 g/mol. The van der Waals surface area contributed by atoms with Crippen molar-refractivity contribution in [3.8, 4) is 0 Å². The largest absolute Gasteiger partial charge is 0.392 e. The van der Waals surface area contributed by atoms with Crippen molar-refractivity contribution in [3.63, 3.8) is 0 Å². The molecule has 0 spiro atoms. The molecule has 176 valence electrons. The Morgan fingerprint density at radius 3 is 2.59 bits per heavy atom. The Morgan fingerprint density at radius 2 is 1.91 bits per heavy atom. The lowest BCUT2D eigenvalue weighted by Crippen LogP contribution is -2.58. The SMILES string of the molecule is C[C@H]1[C@@H]2[C@@H](O)C([C@H](C)C(=O)N3CCCC3)CC[C@@]2(C)CC[C@@H]1NC(=O)c1cccc(F)c1. The zero-order valence-electron chi connectivity index (χ0n) is 19.5. The van der Waals surface area contributed by atoms with Gasteiger partial charge in [0.1, 0.15) is 5.82 Å². The van der Waals surface area contributed by atoms with Crippen LogP contribution in [0.15, 0.2) is 24.3 Å². The number of aliphatic hydroxyl groups is 1. The number of likely N-dealkylation sites (tertiary alicyclic amines) is 1. The van der Waals surface area contributed by atoms with Gasteiger partial charge < -0.3 is 15.3 Å². The Kier molecular flexibility index (Phi) is 6.62. The summed E-state index contributed by atoms with van der Waals surface area (Å²) in [7, 11) is 0. The normalized spacial score (nSPS) is 35.8. The minimum Gasteiger partial charge on any atom is -0.392 e. The van der Waals surface area contributed by atoms with E-state index in [9.17, 15) is 19.1 Å². The predicted octanol–water partition coefficient (Wildman–Crippen LogP) is 4.01. The van der Waals surface area contributed by atoms with E-state index in [1.807, 2.05) is 11.8 Å². The van der Waals surface area contributed by atoms with Gasteiger partial charge in [-0.3, -0.25) is 9.59 Å². The van der Waals surface area contributed by atoms with Gasteiger partial charge in [-0.1, -0.05) is 26.8 Å². The number of halogens is 1. The van der Waals surface area contributed by atoms with Crippen molar-refractivity contribution in [3.05, 3.63) is 35.6 Å². The molecule has 2 N–H and O–H groups in total. The van der Waals surface area contributed by atoms with Gasteiger partial charge in [0.15, 0.2) is 0 Å². The van der Waals surface area contributed by atoms with Gasteiger partial charge >= 0.3 is 0 Å². The minimum atomic E-state index is -0.570. The highest BCUT2D eigenvalue weighted by Crippen LogP contribution is 2.55. The van der Waals surface area contributed by atoms with E-state index < -0.39 is 11.9 Å². The summed E-state index contributed by atoms with van der Waals surface area (Å²) in [5.74, 6) is -0.689. The molecular formula is C26H37FN2O3. The molecule has 32 heavy (non-hydrogen) atoms. The molecule has 0 aromatic heterocycles. The molecule has 2 saturated carbocycles. The molecular weight excluding hydrogens is 407 g/mol. The lowest BCUT2D eigenvalue weighted by atomic mass is 9.51. The van der Waals surface area contributed by atoms with Crippen molar-refractivity contribution < 1.29 is 19.1 Å². The second-order valence-corrected chi connectivity index (χ2v) is 10.7. The van der Waals surface area contributed by atoms with E-state index in [1.165, 1.54) is 12.1 Å². The fraction of sp³-hybridized carbons (Fsp3) is 0.692. The summed E-state index contributed by atoms with van der Waals surface area (Å²) in [5, 5.41) is 14.6. The van der Waals surface area contributed by atoms with E-state index in [2.05, 4.69) is 19.2 Å². The van der Waals surface area contributed by atoms with Gasteiger partial charge in [0, 0.05) is 30.6 Å². The average Bonchev–Trinajstić information content (AvgIpc) is 3.30. The molecule has 1 saturated heterocycles. The van der Waals surface area contributed by atoms with Crippen LogP contribution in [0.3, 0.4) is 0 Å². The number of nitrogens with one attached hydrogen (secondary N) is 1. The first kappa shape index (κ1) is 23.2. The maximum Gasteiger partial charge on any atom is 0.251 e. The van der Waals surface area contributed by atoms with Crippen molar-refractivity contribution >= 4 is 11.8 Å². The third-order valence-corrected chi connectivity index (χ3v) is 8.74. The van der Waals surface area contributed by atoms with Gasteiger partial charge in [0.05, 0.1) is 6.10 Å². The summed E-state index contributed by atoms with van der Waals surface area (Å²) in [5.41, 5.74) is 0.323. The Bertz CT molecular complexity index is 855. The highest BCUT2D eigenvalue weighted by atomic mass is 19.1. The molecule has 0 bridgehead atoms. The predicted molar refractivity (Wildman–Crippen MR) is 121 cm³/mol. The van der Waals surface area contributed by atoms with Gasteiger partial charge in [0.2, 0.25) is 5.91 Å². The number of carbonyl (C=O) groups is 2. The van der Waals surface area contributed by atoms with Crippen molar-refractivity contribution in [1.82, 2.24) is 10.2 Å². The first-order valence-corrected chi connectivity index (χ1v) is 12.2. The Morgan fingerprint density at radius 1 is 1.22 bits per heavy atom. The lowest BCUT2D eigenvalue weighted by Gasteiger charge is -2.56. The van der Waals surface area contributed by atoms with Crippen molar-refractivity contribution in [1.29, 1.82) is 0 Å². The smallest absolute Gasteiger partial charge is 0.251 e. The van der Waals surface area contributed by atoms with E-state index in [4.69, 9.17) is 0 Å². The lowest BCUT2D eigenvalue weighted by molar-refractivity contribution is -0.149. The van der Waals surface area contributed by atoms with E-state index in [-0.39, 0.29) is 46.9 Å². The van der Waals surface area contributed by atoms with Gasteiger partial charge in [-0.2, -0.15) is 0 Å². The van der Waals surface area contributed by atoms with Crippen molar-refractivity contribution in [2.45, 2.75) is 71.4 Å². The van der Waals surface area contributed by atoms with Crippen LogP contribution >= 0.6 is 0 Å². The van der Waals surface area contributed by atoms with Crippen LogP contribution in [0.25, 0.3) is 0 Å². The number of aliphatic hydroxyl groups excluding tert-OH is 1. The van der Waals surface area contributed by atoms with Gasteiger partial charge in [-0.15, -0.1) is 0 Å². The van der Waals surface area contributed by atoms with Gasteiger partial charge in [0.25, 0.3) is 5.91 Å². The first-order chi connectivity index (χ1) is 15.2. The first-order valence-electron chi connectivity index (χ1n) is 12.2. The monoisotopic (exact) mass is 444 g/mol. The summed E-state index contributed by atoms with van der Waals surface area (Å²) in [6.07, 6.45) is 5.18. The summed E-state index contributed by atoms with van der Waals surface area (Å²) >= 11 is 0. The molecule has 4 rings (SSSR count). The number of benzene rings is 1. The van der Waals surface area contributed by atoms with E-state index in [1.54, 1.807) is 12.1 Å². The second kappa shape index (κ2) is 9.12. The number of rotatable bonds is 4. The van der Waals surface area contributed by atoms with E-state index in [0.717, 1.165) is 51.6 Å². The fourth-order valence-corrected chi connectivity index (χ4v) is 6.79. The Balaban J connectivity index is 1.48. The third-order valence-electron chi connectivity index (χ3n) is 8.74. The van der Waals surface area contributed by atoms with Crippen LogP contribution in [0.4, 0.5) is 4.39 Å². The van der Waals surface area contributed by atoms with Crippen molar-refractivity contribution in [2.75, 3.05) is 13.1 Å². The molecule has 6 heteroatoms. The van der Waals surface area contributed by atoms with Crippen LogP contribution in [-0.2, 0) is 4.79 Å². The summed E-state index contributed by atoms with van der Waals surface area (Å²) < 4.78 is 13.6. The number of hydrogen-bond acceptors (Lipinski definition) is 3. The van der Waals surface area contributed by atoms with Crippen LogP contribution < -0.4 is 5.32 Å². The highest BCUT2D eigenvalue weighted by Gasteiger charge is 2.54. The highest BCUT2D eigenvalue weighted by molar-refractivity contribution is 5.94. The quantitative estimate of drug-likeness (QED) is 0.737. The van der Waals surface area contributed by atoms with Crippen LogP contribution in [0.5, 0.6) is 0 Å². The third kappa shape index (κ3) is 4.30. The Hall–Kier alpha value is -1.95. The zero-order valence-corrected chi connectivity index (χ0v) is 19.5. The van der Waals surface area contributed by atoms with Crippen molar-refractivity contribution in [2.24, 2.45) is 29.1 Å². The maximum atomic E-state index is 13.6. The van der Waals surface area contributed by atoms with Gasteiger partial charge in [-0.05, 0) is 79.9 Å². The van der Waals surface area contributed by atoms with Crippen LogP contribution in [-0.4, -0.2) is 47.1 Å². The molecule has 2 aliphatic carbocycles. The zero-order chi connectivity index (χ0) is 23.0. The number of nitrogens with zero attached hydrogens (tertiary/aromatic N) is 1. The Labute approximate surface area is 190 Å². The van der Waals surface area contributed by atoms with Gasteiger partial charge in [-0.25, -0.2) is 4.39 Å². The van der Waals surface area contributed by atoms with Crippen LogP contribution in [0, 0.1) is 34.9 Å². The topological polar surface area (TPSA) is 69.6 Å². The molecule has 1 aromatic carbocycles. The number of carbonyl (C=O) groups excluding carboxylic acids is 2. The standard InChI is InChI=1S/C26H37FN2O3/c1-16(25(32)29-13-4-5-14-29)20-9-11-26(3)12-10-21(17(2)22(26)23(20)30)28-24(31)18-7-6-8-19(27)15-18/h6-8,15-17,20-23,30H,4-5,9-14H2,1-3H3,(H,28,31)/t16-,17+,20?,21-,22+,23-,26-/m0/s1. The van der Waals surface area contributed by atoms with E-state index >= 15 is 0 Å². The van der Waals surface area contributed by atoms with Crippen LogP contribution in [0.1, 0.15) is 69.7 Å². The molecule has 3 fully saturated rings. The summed E-state index contributed by atoms with van der Waals surface area (Å²) in [6.45, 7) is 8.01. The molecule has 1 aromatic rings. The molecule has 2 amide bonds. The van der Waals surface area contributed by atoms with Crippen LogP contribution in [0.2, 0.25) is 0 Å². The number of fused-ring (bicyclic) bond motifs is 1. The summed E-state index contributed by atoms with van der Waals surface area (Å²) in [4.78, 5) is 27.7. The molecule has 7 atom stereocenters. The fourth-order valence-electron chi connectivity index (χ4n) is 6.79. The molecule has 3 aliphatic rings. The molecule has 1 aliphatic heterocycles. The number of hydrogen-bond donors (Lipinski definition) is 2. The molecule has 5 nitrogen and oxygen atoms in total. The van der Waals surface area contributed by atoms with E-state index in [0.29, 0.717) is 5.56 Å². The number of amides is 2. The molecule has 1 heterocycles. The summed E-state index contributed by atoms with van der Waals surface area (Å²) in [6, 6.07) is 5.66. The minimum absolute atomic E-state index is 0.00578. The second-order valence-electron chi connectivity index (χ2n) is 10.7. The molecule has 0 radical (unpaired) electrons.